The molecule has 2 rings (SSSR count). The highest BCUT2D eigenvalue weighted by molar-refractivity contribution is 5.78. The summed E-state index contributed by atoms with van der Waals surface area (Å²) in [5.74, 6) is 0.427. The van der Waals surface area contributed by atoms with E-state index in [4.69, 9.17) is 4.74 Å². The Morgan fingerprint density at radius 2 is 2.05 bits per heavy atom. The number of benzene rings is 1. The van der Waals surface area contributed by atoms with Crippen molar-refractivity contribution in [2.45, 2.75) is 12.8 Å². The molecule has 1 aromatic rings. The van der Waals surface area contributed by atoms with Gasteiger partial charge >= 0.3 is 0 Å². The maximum absolute atomic E-state index is 11.6. The quantitative estimate of drug-likeness (QED) is 0.772. The number of rotatable bonds is 4. The maximum Gasteiger partial charge on any atom is 0.222 e. The number of nitrogens with zero attached hydrogens (tertiary/aromatic N) is 1. The van der Waals surface area contributed by atoms with Gasteiger partial charge in [-0.05, 0) is 18.9 Å². The van der Waals surface area contributed by atoms with Crippen LogP contribution in [-0.4, -0.2) is 33.2 Å². The number of piperidine rings is 1. The van der Waals surface area contributed by atoms with Crippen LogP contribution in [0.25, 0.3) is 0 Å². The third kappa shape index (κ3) is 3.44. The van der Waals surface area contributed by atoms with E-state index in [1.165, 1.54) is 13.2 Å². The zero-order valence-electron chi connectivity index (χ0n) is 12.2. The Bertz CT molecular complexity index is 499. The number of carbonyl (C=O) groups is 1. The number of nitrogens with one attached hydrogen (secondary N) is 2. The number of anilines is 1. The van der Waals surface area contributed by atoms with Crippen LogP contribution in [-0.2, 0) is 4.79 Å². The largest absolute Gasteiger partial charge is 0.628 e. The van der Waals surface area contributed by atoms with E-state index >= 15 is 0 Å². The summed E-state index contributed by atoms with van der Waals surface area (Å²) in [5.41, 5.74) is 0.939. The SMILES string of the molecule is CNC(=O)C1CCN(c2ccc([NH+]([O-])[O-])c(OC)c2)CC1. The molecule has 21 heavy (non-hydrogen) atoms. The Kier molecular flexibility index (Phi) is 5.00. The third-order valence-electron chi connectivity index (χ3n) is 3.88. The Morgan fingerprint density at radius 1 is 1.38 bits per heavy atom. The smallest absolute Gasteiger partial charge is 0.222 e. The molecule has 0 aromatic heterocycles. The maximum atomic E-state index is 11.6. The number of ether oxygens (including phenoxy) is 1. The highest BCUT2D eigenvalue weighted by Gasteiger charge is 2.24. The molecule has 0 spiro atoms. The van der Waals surface area contributed by atoms with Gasteiger partial charge in [-0.2, -0.15) is 0 Å². The van der Waals surface area contributed by atoms with Crippen LogP contribution in [0.4, 0.5) is 11.4 Å². The van der Waals surface area contributed by atoms with Gasteiger partial charge in [0.25, 0.3) is 0 Å². The molecule has 2 N–H and O–H groups in total. The van der Waals surface area contributed by atoms with Gasteiger partial charge in [-0.1, -0.05) is 0 Å². The van der Waals surface area contributed by atoms with Gasteiger partial charge in [0.2, 0.25) is 5.91 Å². The summed E-state index contributed by atoms with van der Waals surface area (Å²) in [6.45, 7) is 1.51. The second-order valence-electron chi connectivity index (χ2n) is 5.05. The Labute approximate surface area is 123 Å². The van der Waals surface area contributed by atoms with Gasteiger partial charge in [-0.15, -0.1) is 0 Å². The molecule has 1 saturated heterocycles. The molecule has 1 aliphatic heterocycles. The molecule has 116 valence electrons. The third-order valence-corrected chi connectivity index (χ3v) is 3.88. The first-order valence-electron chi connectivity index (χ1n) is 6.92. The number of quaternary nitrogens is 1. The molecular weight excluding hydrogens is 274 g/mol. The summed E-state index contributed by atoms with van der Waals surface area (Å²) in [4.78, 5) is 13.7. The normalized spacial score (nSPS) is 16.1. The van der Waals surface area contributed by atoms with Crippen molar-refractivity contribution in [3.63, 3.8) is 0 Å². The molecule has 7 heteroatoms. The van der Waals surface area contributed by atoms with Gasteiger partial charge in [-0.25, -0.2) is 0 Å². The van der Waals surface area contributed by atoms with E-state index in [0.29, 0.717) is 5.75 Å². The molecule has 1 fully saturated rings. The fraction of sp³-hybridized carbons (Fsp3) is 0.500. The molecule has 0 unspecified atom stereocenters. The zero-order valence-corrected chi connectivity index (χ0v) is 12.2. The fourth-order valence-corrected chi connectivity index (χ4v) is 2.65. The number of carbonyl (C=O) groups excluding carboxylic acids is 1. The second kappa shape index (κ2) is 6.75. The Balaban J connectivity index is 2.08. The van der Waals surface area contributed by atoms with Crippen LogP contribution in [0.15, 0.2) is 18.2 Å². The molecular formula is C14H20N3O4-. The predicted octanol–water partition coefficient (Wildman–Crippen LogP) is 0.170. The van der Waals surface area contributed by atoms with Crippen molar-refractivity contribution >= 4 is 17.3 Å². The topological polar surface area (TPSA) is 92.1 Å². The summed E-state index contributed by atoms with van der Waals surface area (Å²) < 4.78 is 5.10. The Morgan fingerprint density at radius 3 is 2.57 bits per heavy atom. The van der Waals surface area contributed by atoms with E-state index < -0.39 is 5.23 Å². The van der Waals surface area contributed by atoms with Crippen LogP contribution in [0.1, 0.15) is 12.8 Å². The minimum atomic E-state index is -1.25. The van der Waals surface area contributed by atoms with Crippen molar-refractivity contribution in [3.05, 3.63) is 28.6 Å². The van der Waals surface area contributed by atoms with Gasteiger partial charge < -0.3 is 30.6 Å². The van der Waals surface area contributed by atoms with Crippen LogP contribution in [0.3, 0.4) is 0 Å². The summed E-state index contributed by atoms with van der Waals surface area (Å²) in [7, 11) is 3.08. The van der Waals surface area contributed by atoms with Gasteiger partial charge in [0, 0.05) is 43.9 Å². The van der Waals surface area contributed by atoms with Gasteiger partial charge in [0.05, 0.1) is 7.11 Å². The van der Waals surface area contributed by atoms with Crippen molar-refractivity contribution in [1.29, 1.82) is 0 Å². The number of methoxy groups -OCH3 is 1. The highest BCUT2D eigenvalue weighted by Crippen LogP contribution is 2.30. The van der Waals surface area contributed by atoms with Crippen molar-refractivity contribution in [2.75, 3.05) is 32.1 Å². The van der Waals surface area contributed by atoms with Gasteiger partial charge in [0.1, 0.15) is 0 Å². The lowest BCUT2D eigenvalue weighted by atomic mass is 9.95. The van der Waals surface area contributed by atoms with E-state index in [2.05, 4.69) is 10.2 Å². The molecule has 7 nitrogen and oxygen atoms in total. The monoisotopic (exact) mass is 294 g/mol. The van der Waals surface area contributed by atoms with Gasteiger partial charge in [-0.3, -0.25) is 4.79 Å². The van der Waals surface area contributed by atoms with Crippen LogP contribution in [0.5, 0.6) is 5.75 Å². The Hall–Kier alpha value is -1.83. The average molecular weight is 294 g/mol. The molecule has 0 radical (unpaired) electrons. The lowest BCUT2D eigenvalue weighted by molar-refractivity contribution is -0.715. The van der Waals surface area contributed by atoms with Crippen LogP contribution < -0.4 is 20.2 Å². The van der Waals surface area contributed by atoms with E-state index in [9.17, 15) is 15.2 Å². The number of amides is 1. The van der Waals surface area contributed by atoms with E-state index in [1.807, 2.05) is 0 Å². The molecule has 1 aromatic carbocycles. The lowest BCUT2D eigenvalue weighted by Crippen LogP contribution is -2.96. The van der Waals surface area contributed by atoms with Crippen molar-refractivity contribution in [3.8, 4) is 5.75 Å². The molecule has 1 aliphatic rings. The standard InChI is InChI=1S/C14H20N3O4/c1-15-14(18)10-5-7-16(8-6-10)11-3-4-12(17(19)20)13(9-11)21-2/h3-4,9-10,17H,5-8H2,1-2H3,(H,15,18)/q-1. The number of hydrogen-bond acceptors (Lipinski definition) is 5. The van der Waals surface area contributed by atoms with Crippen molar-refractivity contribution in [1.82, 2.24) is 5.32 Å². The molecule has 0 bridgehead atoms. The predicted molar refractivity (Wildman–Crippen MR) is 79.4 cm³/mol. The molecule has 1 amide bonds. The summed E-state index contributed by atoms with van der Waals surface area (Å²) in [6, 6.07) is 4.94. The zero-order chi connectivity index (χ0) is 15.4. The van der Waals surface area contributed by atoms with Crippen molar-refractivity contribution in [2.24, 2.45) is 5.92 Å². The van der Waals surface area contributed by atoms with Crippen LogP contribution >= 0.6 is 0 Å². The minimum Gasteiger partial charge on any atom is -0.628 e. The first-order valence-corrected chi connectivity index (χ1v) is 6.92. The second-order valence-corrected chi connectivity index (χ2v) is 5.05. The van der Waals surface area contributed by atoms with Crippen LogP contribution in [0, 0.1) is 16.3 Å². The van der Waals surface area contributed by atoms with Gasteiger partial charge in [0.15, 0.2) is 11.4 Å². The summed E-state index contributed by atoms with van der Waals surface area (Å²) in [5, 5.41) is 23.4. The van der Waals surface area contributed by atoms with Crippen molar-refractivity contribution < 1.29 is 14.8 Å². The van der Waals surface area contributed by atoms with E-state index in [1.54, 1.807) is 19.2 Å². The van der Waals surface area contributed by atoms with Crippen LogP contribution in [0.2, 0.25) is 0 Å². The molecule has 1 heterocycles. The first kappa shape index (κ1) is 15.6. The lowest BCUT2D eigenvalue weighted by Gasteiger charge is -2.33. The summed E-state index contributed by atoms with van der Waals surface area (Å²) in [6.07, 6.45) is 1.56. The minimum absolute atomic E-state index is 0.0431. The van der Waals surface area contributed by atoms with E-state index in [-0.39, 0.29) is 17.5 Å². The molecule has 0 atom stereocenters. The highest BCUT2D eigenvalue weighted by atomic mass is 16.8. The van der Waals surface area contributed by atoms with E-state index in [0.717, 1.165) is 31.6 Å². The molecule has 0 aliphatic carbocycles. The average Bonchev–Trinajstić information content (AvgIpc) is 2.53. The summed E-state index contributed by atoms with van der Waals surface area (Å²) >= 11 is 0. The fourth-order valence-electron chi connectivity index (χ4n) is 2.65. The number of hydrogen-bond donors (Lipinski definition) is 2. The first-order chi connectivity index (χ1) is 10.1. The molecule has 0 saturated carbocycles.